The lowest BCUT2D eigenvalue weighted by atomic mass is 10.3. The maximum Gasteiger partial charge on any atom is 0.251 e. The minimum absolute atomic E-state index is 0.568. The molecule has 68 valence electrons. The summed E-state index contributed by atoms with van der Waals surface area (Å²) in [5.41, 5.74) is 0.689. The lowest BCUT2D eigenvalue weighted by Gasteiger charge is -1.95. The SMILES string of the molecule is c1coc(-c2cnn3ccnc3n2)c1. The highest BCUT2D eigenvalue weighted by molar-refractivity contribution is 5.52. The molecule has 3 aromatic rings. The Morgan fingerprint density at radius 3 is 3.21 bits per heavy atom. The maximum atomic E-state index is 5.21. The van der Waals surface area contributed by atoms with E-state index in [1.165, 1.54) is 0 Å². The fraction of sp³-hybridized carbons (Fsp3) is 0. The van der Waals surface area contributed by atoms with E-state index in [9.17, 15) is 0 Å². The second kappa shape index (κ2) is 2.66. The Kier molecular flexibility index (Phi) is 1.38. The van der Waals surface area contributed by atoms with Gasteiger partial charge in [0.1, 0.15) is 5.69 Å². The van der Waals surface area contributed by atoms with Crippen molar-refractivity contribution in [3.8, 4) is 11.5 Å². The van der Waals surface area contributed by atoms with Gasteiger partial charge in [0.25, 0.3) is 5.78 Å². The topological polar surface area (TPSA) is 56.2 Å². The number of hydrogen-bond acceptors (Lipinski definition) is 4. The minimum Gasteiger partial charge on any atom is -0.463 e. The molecule has 0 aliphatic rings. The second-order valence-corrected chi connectivity index (χ2v) is 2.79. The monoisotopic (exact) mass is 186 g/mol. The smallest absolute Gasteiger partial charge is 0.251 e. The molecule has 3 aromatic heterocycles. The number of hydrogen-bond donors (Lipinski definition) is 0. The summed E-state index contributed by atoms with van der Waals surface area (Å²) in [6.07, 6.45) is 6.65. The number of furan rings is 1. The Morgan fingerprint density at radius 2 is 2.36 bits per heavy atom. The van der Waals surface area contributed by atoms with E-state index in [0.29, 0.717) is 17.2 Å². The van der Waals surface area contributed by atoms with E-state index in [-0.39, 0.29) is 0 Å². The van der Waals surface area contributed by atoms with Crippen LogP contribution in [0, 0.1) is 0 Å². The molecule has 0 amide bonds. The highest BCUT2D eigenvalue weighted by Gasteiger charge is 2.04. The molecule has 5 nitrogen and oxygen atoms in total. The van der Waals surface area contributed by atoms with E-state index in [4.69, 9.17) is 4.42 Å². The van der Waals surface area contributed by atoms with Crippen molar-refractivity contribution in [3.63, 3.8) is 0 Å². The van der Waals surface area contributed by atoms with Crippen LogP contribution in [0.2, 0.25) is 0 Å². The number of imidazole rings is 1. The van der Waals surface area contributed by atoms with E-state index < -0.39 is 0 Å². The highest BCUT2D eigenvalue weighted by Crippen LogP contribution is 2.15. The predicted molar refractivity (Wildman–Crippen MR) is 48.5 cm³/mol. The molecule has 0 bridgehead atoms. The van der Waals surface area contributed by atoms with Gasteiger partial charge in [-0.15, -0.1) is 0 Å². The van der Waals surface area contributed by atoms with Gasteiger partial charge >= 0.3 is 0 Å². The predicted octanol–water partition coefficient (Wildman–Crippen LogP) is 1.38. The number of aromatic nitrogens is 4. The van der Waals surface area contributed by atoms with Gasteiger partial charge in [-0.3, -0.25) is 0 Å². The van der Waals surface area contributed by atoms with Crippen LogP contribution < -0.4 is 0 Å². The third-order valence-corrected chi connectivity index (χ3v) is 1.90. The van der Waals surface area contributed by atoms with Crippen molar-refractivity contribution in [2.45, 2.75) is 0 Å². The standard InChI is InChI=1S/C9H6N4O/c1-2-8(14-5-1)7-6-11-13-4-3-10-9(13)12-7/h1-6H. The summed E-state index contributed by atoms with van der Waals surface area (Å²) in [5.74, 6) is 1.27. The van der Waals surface area contributed by atoms with Gasteiger partial charge in [-0.2, -0.15) is 5.10 Å². The van der Waals surface area contributed by atoms with E-state index >= 15 is 0 Å². The first-order chi connectivity index (χ1) is 6.93. The zero-order valence-electron chi connectivity index (χ0n) is 7.16. The summed E-state index contributed by atoms with van der Waals surface area (Å²) >= 11 is 0. The second-order valence-electron chi connectivity index (χ2n) is 2.79. The van der Waals surface area contributed by atoms with Crippen molar-refractivity contribution in [1.82, 2.24) is 19.6 Å². The van der Waals surface area contributed by atoms with Gasteiger partial charge in [-0.25, -0.2) is 14.5 Å². The first kappa shape index (κ1) is 7.25. The molecule has 0 aromatic carbocycles. The van der Waals surface area contributed by atoms with E-state index in [0.717, 1.165) is 0 Å². The van der Waals surface area contributed by atoms with Gasteiger partial charge in [0.2, 0.25) is 0 Å². The van der Waals surface area contributed by atoms with Crippen molar-refractivity contribution in [2.24, 2.45) is 0 Å². The summed E-state index contributed by atoms with van der Waals surface area (Å²) in [5, 5.41) is 4.13. The van der Waals surface area contributed by atoms with E-state index in [2.05, 4.69) is 15.1 Å². The summed E-state index contributed by atoms with van der Waals surface area (Å²) < 4.78 is 6.81. The Hall–Kier alpha value is -2.17. The van der Waals surface area contributed by atoms with Crippen LogP contribution >= 0.6 is 0 Å². The van der Waals surface area contributed by atoms with Gasteiger partial charge in [-0.05, 0) is 12.1 Å². The third kappa shape index (κ3) is 0.990. The molecule has 0 saturated heterocycles. The summed E-state index contributed by atoms with van der Waals surface area (Å²) in [4.78, 5) is 8.31. The molecular weight excluding hydrogens is 180 g/mol. The molecule has 0 fully saturated rings. The first-order valence-corrected chi connectivity index (χ1v) is 4.14. The molecule has 0 aliphatic carbocycles. The average Bonchev–Trinajstić information content (AvgIpc) is 2.88. The first-order valence-electron chi connectivity index (χ1n) is 4.14. The summed E-state index contributed by atoms with van der Waals surface area (Å²) in [6, 6.07) is 3.65. The largest absolute Gasteiger partial charge is 0.463 e. The van der Waals surface area contributed by atoms with E-state index in [1.807, 2.05) is 12.1 Å². The Balaban J connectivity index is 2.23. The molecule has 14 heavy (non-hydrogen) atoms. The Morgan fingerprint density at radius 1 is 1.36 bits per heavy atom. The van der Waals surface area contributed by atoms with Crippen LogP contribution in [0.3, 0.4) is 0 Å². The molecule has 0 atom stereocenters. The summed E-state index contributed by atoms with van der Waals surface area (Å²) in [6.45, 7) is 0. The van der Waals surface area contributed by atoms with Crippen LogP contribution in [-0.2, 0) is 0 Å². The average molecular weight is 186 g/mol. The molecule has 0 spiro atoms. The fourth-order valence-electron chi connectivity index (χ4n) is 1.26. The van der Waals surface area contributed by atoms with Crippen LogP contribution in [-0.4, -0.2) is 19.6 Å². The van der Waals surface area contributed by atoms with Crippen LogP contribution in [0.5, 0.6) is 0 Å². The Bertz CT molecular complexity index is 555. The van der Waals surface area contributed by atoms with Gasteiger partial charge < -0.3 is 4.42 Å². The van der Waals surface area contributed by atoms with Crippen molar-refractivity contribution in [1.29, 1.82) is 0 Å². The number of fused-ring (bicyclic) bond motifs is 1. The molecule has 3 heterocycles. The van der Waals surface area contributed by atoms with Gasteiger partial charge in [-0.1, -0.05) is 0 Å². The molecule has 3 rings (SSSR count). The van der Waals surface area contributed by atoms with Crippen LogP contribution in [0.15, 0.2) is 41.4 Å². The summed E-state index contributed by atoms with van der Waals surface area (Å²) in [7, 11) is 0. The number of nitrogens with zero attached hydrogens (tertiary/aromatic N) is 4. The maximum absolute atomic E-state index is 5.21. The molecule has 0 N–H and O–H groups in total. The van der Waals surface area contributed by atoms with Crippen molar-refractivity contribution in [2.75, 3.05) is 0 Å². The minimum atomic E-state index is 0.568. The van der Waals surface area contributed by atoms with Gasteiger partial charge in [0.15, 0.2) is 5.76 Å². The molecular formula is C9H6N4O. The van der Waals surface area contributed by atoms with E-state index in [1.54, 1.807) is 29.4 Å². The lowest BCUT2D eigenvalue weighted by Crippen LogP contribution is -1.94. The molecule has 0 radical (unpaired) electrons. The third-order valence-electron chi connectivity index (χ3n) is 1.90. The zero-order chi connectivity index (χ0) is 9.38. The molecule has 5 heteroatoms. The van der Waals surface area contributed by atoms with Crippen LogP contribution in [0.4, 0.5) is 0 Å². The quantitative estimate of drug-likeness (QED) is 0.576. The van der Waals surface area contributed by atoms with Crippen molar-refractivity contribution in [3.05, 3.63) is 37.0 Å². The Labute approximate surface area is 79.0 Å². The number of rotatable bonds is 1. The fourth-order valence-corrected chi connectivity index (χ4v) is 1.26. The molecule has 0 unspecified atom stereocenters. The van der Waals surface area contributed by atoms with Gasteiger partial charge in [0, 0.05) is 6.20 Å². The zero-order valence-corrected chi connectivity index (χ0v) is 7.16. The molecule has 0 aliphatic heterocycles. The van der Waals surface area contributed by atoms with Crippen LogP contribution in [0.1, 0.15) is 0 Å². The van der Waals surface area contributed by atoms with Gasteiger partial charge in [0.05, 0.1) is 18.7 Å². The highest BCUT2D eigenvalue weighted by atomic mass is 16.3. The lowest BCUT2D eigenvalue weighted by molar-refractivity contribution is 0.579. The van der Waals surface area contributed by atoms with Crippen LogP contribution in [0.25, 0.3) is 17.2 Å². The van der Waals surface area contributed by atoms with Crippen molar-refractivity contribution < 1.29 is 4.42 Å². The normalized spacial score (nSPS) is 10.9. The molecule has 0 saturated carbocycles. The van der Waals surface area contributed by atoms with Crippen molar-refractivity contribution >= 4 is 5.78 Å².